The van der Waals surface area contributed by atoms with Gasteiger partial charge in [-0.05, 0) is 42.8 Å². The molecule has 2 rings (SSSR count). The monoisotopic (exact) mass is 426 g/mol. The van der Waals surface area contributed by atoms with Crippen LogP contribution in [-0.4, -0.2) is 30.0 Å². The second kappa shape index (κ2) is 9.72. The zero-order valence-electron chi connectivity index (χ0n) is 15.7. The minimum Gasteiger partial charge on any atom is -0.494 e. The molecule has 0 unspecified atom stereocenters. The van der Waals surface area contributed by atoms with E-state index in [-0.39, 0.29) is 5.56 Å². The summed E-state index contributed by atoms with van der Waals surface area (Å²) in [6.45, 7) is 1.67. The number of carbonyl (C=O) groups is 2. The van der Waals surface area contributed by atoms with Crippen molar-refractivity contribution in [2.75, 3.05) is 18.5 Å². The van der Waals surface area contributed by atoms with E-state index in [2.05, 4.69) is 5.32 Å². The van der Waals surface area contributed by atoms with Crippen LogP contribution in [0.2, 0.25) is 0 Å². The maximum atomic E-state index is 12.7. The molecular weight excluding hydrogens is 409 g/mol. The van der Waals surface area contributed by atoms with Crippen LogP contribution in [0.3, 0.4) is 0 Å². The van der Waals surface area contributed by atoms with Gasteiger partial charge in [0.25, 0.3) is 11.6 Å². The van der Waals surface area contributed by atoms with E-state index in [1.807, 2.05) is 6.92 Å². The van der Waals surface area contributed by atoms with E-state index in [1.165, 1.54) is 12.1 Å². The van der Waals surface area contributed by atoms with E-state index in [1.54, 1.807) is 12.1 Å². The molecule has 1 amide bonds. The van der Waals surface area contributed by atoms with Crippen molar-refractivity contribution in [2.45, 2.75) is 19.5 Å². The lowest BCUT2D eigenvalue weighted by Gasteiger charge is -2.10. The van der Waals surface area contributed by atoms with E-state index in [0.29, 0.717) is 24.5 Å². The molecule has 0 aliphatic carbocycles. The van der Waals surface area contributed by atoms with Crippen LogP contribution >= 0.6 is 0 Å². The van der Waals surface area contributed by atoms with Gasteiger partial charge in [0.1, 0.15) is 11.4 Å². The fourth-order valence-corrected chi connectivity index (χ4v) is 2.27. The van der Waals surface area contributed by atoms with Crippen LogP contribution < -0.4 is 10.1 Å². The van der Waals surface area contributed by atoms with Gasteiger partial charge in [-0.3, -0.25) is 14.9 Å². The minimum atomic E-state index is -4.78. The molecule has 0 aliphatic rings. The Kier molecular flexibility index (Phi) is 7.34. The number of amides is 1. The van der Waals surface area contributed by atoms with E-state index in [0.717, 1.165) is 12.5 Å². The summed E-state index contributed by atoms with van der Waals surface area (Å²) < 4.78 is 48.3. The van der Waals surface area contributed by atoms with Crippen molar-refractivity contribution in [1.82, 2.24) is 0 Å². The van der Waals surface area contributed by atoms with E-state index in [4.69, 9.17) is 9.47 Å². The third-order valence-electron chi connectivity index (χ3n) is 3.69. The fraction of sp³-hybridized carbons (Fsp3) is 0.263. The number of rotatable bonds is 8. The second-order valence-corrected chi connectivity index (χ2v) is 5.98. The van der Waals surface area contributed by atoms with Gasteiger partial charge < -0.3 is 14.8 Å². The number of nitrogens with zero attached hydrogens (tertiary/aromatic N) is 1. The lowest BCUT2D eigenvalue weighted by molar-refractivity contribution is -0.384. The lowest BCUT2D eigenvalue weighted by atomic mass is 10.1. The standard InChI is InChI=1S/C19H17F3N2O6/c1-2-9-29-14-6-3-12(4-7-14)18(26)30-11-17(25)23-15-8-5-13(19(20,21)22)10-16(15)24(27)28/h3-8,10H,2,9,11H2,1H3,(H,23,25). The first kappa shape index (κ1) is 22.7. The predicted molar refractivity (Wildman–Crippen MR) is 99.2 cm³/mol. The van der Waals surface area contributed by atoms with Crippen LogP contribution in [0.4, 0.5) is 24.5 Å². The molecule has 8 nitrogen and oxygen atoms in total. The maximum Gasteiger partial charge on any atom is 0.416 e. The molecule has 160 valence electrons. The fourth-order valence-electron chi connectivity index (χ4n) is 2.27. The van der Waals surface area contributed by atoms with Crippen LogP contribution in [-0.2, 0) is 15.7 Å². The second-order valence-electron chi connectivity index (χ2n) is 5.98. The summed E-state index contributed by atoms with van der Waals surface area (Å²) in [5.41, 5.74) is -2.48. The number of esters is 1. The van der Waals surface area contributed by atoms with Crippen molar-refractivity contribution < 1.29 is 37.2 Å². The van der Waals surface area contributed by atoms with Crippen LogP contribution in [0.15, 0.2) is 42.5 Å². The number of nitrogens with one attached hydrogen (secondary N) is 1. The first-order chi connectivity index (χ1) is 14.1. The van der Waals surface area contributed by atoms with Gasteiger partial charge in [0.05, 0.1) is 22.7 Å². The number of hydrogen-bond acceptors (Lipinski definition) is 6. The molecule has 0 saturated heterocycles. The Morgan fingerprint density at radius 3 is 2.37 bits per heavy atom. The molecule has 30 heavy (non-hydrogen) atoms. The highest BCUT2D eigenvalue weighted by Gasteiger charge is 2.33. The van der Waals surface area contributed by atoms with Gasteiger partial charge in [-0.15, -0.1) is 0 Å². The Bertz CT molecular complexity index is 929. The summed E-state index contributed by atoms with van der Waals surface area (Å²) in [4.78, 5) is 33.9. The SMILES string of the molecule is CCCOc1ccc(C(=O)OCC(=O)Nc2ccc(C(F)(F)F)cc2[N+](=O)[O-])cc1. The predicted octanol–water partition coefficient (Wildman–Crippen LogP) is 4.20. The molecule has 0 aliphatic heterocycles. The molecule has 0 atom stereocenters. The largest absolute Gasteiger partial charge is 0.494 e. The number of nitro groups is 1. The minimum absolute atomic E-state index is 0.146. The Hall–Kier alpha value is -3.63. The molecule has 2 aromatic rings. The summed E-state index contributed by atoms with van der Waals surface area (Å²) in [6.07, 6.45) is -3.96. The molecule has 0 radical (unpaired) electrons. The topological polar surface area (TPSA) is 108 Å². The quantitative estimate of drug-likeness (QED) is 0.385. The number of anilines is 1. The van der Waals surface area contributed by atoms with Crippen LogP contribution in [0.25, 0.3) is 0 Å². The molecule has 2 aromatic carbocycles. The highest BCUT2D eigenvalue weighted by molar-refractivity contribution is 5.96. The smallest absolute Gasteiger partial charge is 0.416 e. The Morgan fingerprint density at radius 1 is 1.13 bits per heavy atom. The summed E-state index contributed by atoms with van der Waals surface area (Å²) in [6, 6.07) is 7.64. The Balaban J connectivity index is 1.99. The highest BCUT2D eigenvalue weighted by Crippen LogP contribution is 2.34. The molecular formula is C19H17F3N2O6. The average molecular weight is 426 g/mol. The summed E-state index contributed by atoms with van der Waals surface area (Å²) in [7, 11) is 0. The molecule has 0 fully saturated rings. The zero-order valence-corrected chi connectivity index (χ0v) is 15.7. The van der Waals surface area contributed by atoms with Gasteiger partial charge in [0.15, 0.2) is 6.61 Å². The van der Waals surface area contributed by atoms with Crippen molar-refractivity contribution in [3.05, 3.63) is 63.7 Å². The Labute approximate surface area is 168 Å². The Morgan fingerprint density at radius 2 is 1.80 bits per heavy atom. The molecule has 1 N–H and O–H groups in total. The van der Waals surface area contributed by atoms with Gasteiger partial charge in [0.2, 0.25) is 0 Å². The van der Waals surface area contributed by atoms with Crippen LogP contribution in [0.5, 0.6) is 5.75 Å². The number of alkyl halides is 3. The number of carbonyl (C=O) groups excluding carboxylic acids is 2. The normalized spacial score (nSPS) is 10.9. The zero-order chi connectivity index (χ0) is 22.3. The number of benzene rings is 2. The highest BCUT2D eigenvalue weighted by atomic mass is 19.4. The molecule has 11 heteroatoms. The van der Waals surface area contributed by atoms with Crippen LogP contribution in [0.1, 0.15) is 29.3 Å². The molecule has 0 bridgehead atoms. The van der Waals surface area contributed by atoms with Crippen molar-refractivity contribution in [3.63, 3.8) is 0 Å². The van der Waals surface area contributed by atoms with E-state index >= 15 is 0 Å². The summed E-state index contributed by atoms with van der Waals surface area (Å²) in [5.74, 6) is -1.22. The van der Waals surface area contributed by atoms with Crippen molar-refractivity contribution in [3.8, 4) is 5.75 Å². The summed E-state index contributed by atoms with van der Waals surface area (Å²) >= 11 is 0. The number of nitro benzene ring substituents is 1. The third kappa shape index (κ3) is 6.19. The van der Waals surface area contributed by atoms with Crippen molar-refractivity contribution in [1.29, 1.82) is 0 Å². The molecule has 0 saturated carbocycles. The van der Waals surface area contributed by atoms with Gasteiger partial charge in [-0.25, -0.2) is 4.79 Å². The maximum absolute atomic E-state index is 12.7. The van der Waals surface area contributed by atoms with Gasteiger partial charge >= 0.3 is 12.1 Å². The van der Waals surface area contributed by atoms with Gasteiger partial charge in [-0.1, -0.05) is 6.92 Å². The van der Waals surface area contributed by atoms with Crippen molar-refractivity contribution >= 4 is 23.3 Å². The van der Waals surface area contributed by atoms with Gasteiger partial charge in [-0.2, -0.15) is 13.2 Å². The molecule has 0 aromatic heterocycles. The number of hydrogen-bond donors (Lipinski definition) is 1. The number of halogens is 3. The van der Waals surface area contributed by atoms with E-state index < -0.39 is 46.5 Å². The third-order valence-corrected chi connectivity index (χ3v) is 3.69. The molecule has 0 heterocycles. The van der Waals surface area contributed by atoms with E-state index in [9.17, 15) is 32.9 Å². The average Bonchev–Trinajstić information content (AvgIpc) is 2.70. The first-order valence-electron chi connectivity index (χ1n) is 8.67. The first-order valence-corrected chi connectivity index (χ1v) is 8.67. The summed E-state index contributed by atoms with van der Waals surface area (Å²) in [5, 5.41) is 13.1. The molecule has 0 spiro atoms. The van der Waals surface area contributed by atoms with Crippen molar-refractivity contribution in [2.24, 2.45) is 0 Å². The van der Waals surface area contributed by atoms with Gasteiger partial charge in [0, 0.05) is 6.07 Å². The lowest BCUT2D eigenvalue weighted by Crippen LogP contribution is -2.21. The number of ether oxygens (including phenoxy) is 2. The van der Waals surface area contributed by atoms with Crippen LogP contribution in [0, 0.1) is 10.1 Å².